The second kappa shape index (κ2) is 11.4. The minimum Gasteiger partial charge on any atom is -0.480 e. The summed E-state index contributed by atoms with van der Waals surface area (Å²) in [5.41, 5.74) is 3.28. The van der Waals surface area contributed by atoms with Crippen molar-refractivity contribution in [2.24, 2.45) is 0 Å². The number of benzene rings is 2. The van der Waals surface area contributed by atoms with Crippen LogP contribution in [0.4, 0.5) is 0 Å². The fourth-order valence-corrected chi connectivity index (χ4v) is 4.88. The molecule has 1 aliphatic rings. The van der Waals surface area contributed by atoms with E-state index in [0.717, 1.165) is 53.7 Å². The maximum atomic E-state index is 13.7. The van der Waals surface area contributed by atoms with E-state index in [1.807, 2.05) is 30.3 Å². The average molecular weight is 517 g/mol. The van der Waals surface area contributed by atoms with Gasteiger partial charge in [-0.2, -0.15) is 0 Å². The highest BCUT2D eigenvalue weighted by molar-refractivity contribution is 5.89. The van der Waals surface area contributed by atoms with Crippen LogP contribution in [0.5, 0.6) is 11.5 Å². The maximum absolute atomic E-state index is 13.7. The summed E-state index contributed by atoms with van der Waals surface area (Å²) in [6, 6.07) is 12.0. The van der Waals surface area contributed by atoms with Crippen LogP contribution in [0.15, 0.2) is 54.9 Å². The van der Waals surface area contributed by atoms with Gasteiger partial charge in [-0.25, -0.2) is 9.78 Å². The summed E-state index contributed by atoms with van der Waals surface area (Å²) in [7, 11) is 0. The number of rotatable bonds is 12. The summed E-state index contributed by atoms with van der Waals surface area (Å²) < 4.78 is 11.0. The molecule has 0 unspecified atom stereocenters. The standard InChI is InChI=1S/C29H32N4O5/c1-2-3-4-9-27-31-16-20(32-27)14-22(18-10-11-25-26(13-18)38-17-37-25)28(34)33-24(29(35)36)12-19-15-30-23-8-6-5-7-21(19)23/h5-8,10-11,13,15-16,22,24,30H,2-4,9,12,14,17H2,1H3,(H,31,32)(H,33,34)(H,35,36)/t22-,24-/m0/s1. The van der Waals surface area contributed by atoms with Gasteiger partial charge in [0.15, 0.2) is 11.5 Å². The SMILES string of the molecule is CCCCCc1ncc(C[C@H](C(=O)N[C@@H](Cc2c[nH]c3ccccc23)C(=O)O)c2ccc3c(c2)OCO3)[nH]1. The molecule has 3 heterocycles. The van der Waals surface area contributed by atoms with Crippen LogP contribution in [-0.4, -0.2) is 44.8 Å². The molecule has 4 aromatic rings. The highest BCUT2D eigenvalue weighted by Gasteiger charge is 2.29. The molecule has 5 rings (SSSR count). The summed E-state index contributed by atoms with van der Waals surface area (Å²) in [5, 5.41) is 13.7. The third-order valence-corrected chi connectivity index (χ3v) is 6.95. The molecule has 0 saturated heterocycles. The van der Waals surface area contributed by atoms with Gasteiger partial charge in [-0.3, -0.25) is 4.79 Å². The van der Waals surface area contributed by atoms with Gasteiger partial charge in [-0.15, -0.1) is 0 Å². The lowest BCUT2D eigenvalue weighted by Gasteiger charge is -2.21. The molecule has 9 nitrogen and oxygen atoms in total. The number of aromatic amines is 2. The Hall–Kier alpha value is -4.27. The largest absolute Gasteiger partial charge is 0.480 e. The normalized spacial score (nSPS) is 13.9. The molecule has 0 radical (unpaired) electrons. The van der Waals surface area contributed by atoms with E-state index in [0.29, 0.717) is 23.5 Å². The number of nitrogens with zero attached hydrogens (tertiary/aromatic N) is 1. The van der Waals surface area contributed by atoms with Crippen molar-refractivity contribution in [2.75, 3.05) is 6.79 Å². The van der Waals surface area contributed by atoms with Crippen molar-refractivity contribution in [1.82, 2.24) is 20.3 Å². The number of hydrogen-bond acceptors (Lipinski definition) is 5. The molecular weight excluding hydrogens is 484 g/mol. The number of aryl methyl sites for hydroxylation is 1. The van der Waals surface area contributed by atoms with Crippen molar-refractivity contribution in [3.8, 4) is 11.5 Å². The minimum absolute atomic E-state index is 0.128. The molecule has 2 atom stereocenters. The first-order valence-corrected chi connectivity index (χ1v) is 13.0. The molecule has 0 saturated carbocycles. The van der Waals surface area contributed by atoms with Crippen molar-refractivity contribution >= 4 is 22.8 Å². The summed E-state index contributed by atoms with van der Waals surface area (Å²) in [4.78, 5) is 36.9. The number of carboxylic acid groups (broad SMARTS) is 1. The maximum Gasteiger partial charge on any atom is 0.326 e. The number of unbranched alkanes of at least 4 members (excludes halogenated alkanes) is 2. The number of fused-ring (bicyclic) bond motifs is 2. The van der Waals surface area contributed by atoms with E-state index < -0.39 is 17.9 Å². The van der Waals surface area contributed by atoms with E-state index in [1.54, 1.807) is 24.5 Å². The van der Waals surface area contributed by atoms with Crippen molar-refractivity contribution < 1.29 is 24.2 Å². The minimum atomic E-state index is -1.09. The monoisotopic (exact) mass is 516 g/mol. The Labute approximate surface area is 220 Å². The number of para-hydroxylation sites is 1. The van der Waals surface area contributed by atoms with Crippen molar-refractivity contribution in [3.05, 3.63) is 77.5 Å². The molecular formula is C29H32N4O5. The van der Waals surface area contributed by atoms with E-state index >= 15 is 0 Å². The lowest BCUT2D eigenvalue weighted by molar-refractivity contribution is -0.142. The fourth-order valence-electron chi connectivity index (χ4n) is 4.88. The summed E-state index contributed by atoms with van der Waals surface area (Å²) in [5.74, 6) is -0.0421. The lowest BCUT2D eigenvalue weighted by Crippen LogP contribution is -2.44. The van der Waals surface area contributed by atoms with Gasteiger partial charge in [0.2, 0.25) is 12.7 Å². The molecule has 4 N–H and O–H groups in total. The number of carbonyl (C=O) groups excluding carboxylic acids is 1. The summed E-state index contributed by atoms with van der Waals surface area (Å²) in [6.07, 6.45) is 8.21. The number of nitrogens with one attached hydrogen (secondary N) is 3. The molecule has 0 bridgehead atoms. The van der Waals surface area contributed by atoms with Gasteiger partial charge in [0.1, 0.15) is 11.9 Å². The number of hydrogen-bond donors (Lipinski definition) is 4. The lowest BCUT2D eigenvalue weighted by atomic mass is 9.92. The zero-order chi connectivity index (χ0) is 26.5. The molecule has 2 aromatic heterocycles. The highest BCUT2D eigenvalue weighted by atomic mass is 16.7. The van der Waals surface area contributed by atoms with E-state index in [1.165, 1.54) is 0 Å². The third-order valence-electron chi connectivity index (χ3n) is 6.95. The van der Waals surface area contributed by atoms with Crippen LogP contribution in [0.3, 0.4) is 0 Å². The molecule has 0 aliphatic carbocycles. The van der Waals surface area contributed by atoms with Crippen LogP contribution >= 0.6 is 0 Å². The molecule has 9 heteroatoms. The molecule has 1 aliphatic heterocycles. The van der Waals surface area contributed by atoms with E-state index in [2.05, 4.69) is 27.2 Å². The number of carboxylic acids is 1. The summed E-state index contributed by atoms with van der Waals surface area (Å²) in [6.45, 7) is 2.29. The first-order chi connectivity index (χ1) is 18.5. The number of aliphatic carboxylic acids is 1. The van der Waals surface area contributed by atoms with Crippen LogP contribution < -0.4 is 14.8 Å². The van der Waals surface area contributed by atoms with E-state index in [-0.39, 0.29) is 19.1 Å². The molecule has 2 aromatic carbocycles. The number of H-pyrrole nitrogens is 2. The van der Waals surface area contributed by atoms with Crippen LogP contribution in [0.2, 0.25) is 0 Å². The highest BCUT2D eigenvalue weighted by Crippen LogP contribution is 2.35. The Kier molecular flexibility index (Phi) is 7.62. The smallest absolute Gasteiger partial charge is 0.326 e. The second-order valence-corrected chi connectivity index (χ2v) is 9.64. The van der Waals surface area contributed by atoms with Crippen molar-refractivity contribution in [2.45, 2.75) is 57.4 Å². The average Bonchev–Trinajstić information content (AvgIpc) is 3.67. The van der Waals surface area contributed by atoms with Gasteiger partial charge in [-0.05, 0) is 35.7 Å². The Morgan fingerprint density at radius 1 is 1.11 bits per heavy atom. The van der Waals surface area contributed by atoms with Gasteiger partial charge in [0.05, 0.1) is 5.92 Å². The van der Waals surface area contributed by atoms with Crippen LogP contribution in [0.25, 0.3) is 10.9 Å². The topological polar surface area (TPSA) is 129 Å². The van der Waals surface area contributed by atoms with Crippen LogP contribution in [-0.2, 0) is 28.9 Å². The second-order valence-electron chi connectivity index (χ2n) is 9.64. The zero-order valence-electron chi connectivity index (χ0n) is 21.3. The fraction of sp³-hybridized carbons (Fsp3) is 0.345. The predicted molar refractivity (Wildman–Crippen MR) is 142 cm³/mol. The summed E-state index contributed by atoms with van der Waals surface area (Å²) >= 11 is 0. The van der Waals surface area contributed by atoms with Crippen LogP contribution in [0.1, 0.15) is 54.7 Å². The van der Waals surface area contributed by atoms with E-state index in [9.17, 15) is 14.7 Å². The number of amides is 1. The Balaban J connectivity index is 1.37. The number of aromatic nitrogens is 3. The van der Waals surface area contributed by atoms with Crippen molar-refractivity contribution in [3.63, 3.8) is 0 Å². The number of carbonyl (C=O) groups is 2. The molecule has 0 fully saturated rings. The Bertz CT molecular complexity index is 1430. The van der Waals surface area contributed by atoms with Crippen LogP contribution in [0, 0.1) is 0 Å². The van der Waals surface area contributed by atoms with Gasteiger partial charge in [0, 0.05) is 48.3 Å². The van der Waals surface area contributed by atoms with Gasteiger partial charge >= 0.3 is 5.97 Å². The third kappa shape index (κ3) is 5.66. The quantitative estimate of drug-likeness (QED) is 0.205. The Morgan fingerprint density at radius 3 is 2.79 bits per heavy atom. The van der Waals surface area contributed by atoms with Crippen molar-refractivity contribution in [1.29, 1.82) is 0 Å². The molecule has 0 spiro atoms. The van der Waals surface area contributed by atoms with E-state index in [4.69, 9.17) is 9.47 Å². The van der Waals surface area contributed by atoms with Gasteiger partial charge in [-0.1, -0.05) is 44.0 Å². The first-order valence-electron chi connectivity index (χ1n) is 13.0. The Morgan fingerprint density at radius 2 is 1.95 bits per heavy atom. The van der Waals surface area contributed by atoms with Gasteiger partial charge < -0.3 is 29.9 Å². The zero-order valence-corrected chi connectivity index (χ0v) is 21.3. The number of ether oxygens (including phenoxy) is 2. The van der Waals surface area contributed by atoms with Gasteiger partial charge in [0.25, 0.3) is 0 Å². The molecule has 198 valence electrons. The number of imidazole rings is 1. The first kappa shape index (κ1) is 25.4. The molecule has 38 heavy (non-hydrogen) atoms. The predicted octanol–water partition coefficient (Wildman–Crippen LogP) is 4.49. The molecule has 1 amide bonds.